The molecule has 0 saturated carbocycles. The lowest BCUT2D eigenvalue weighted by atomic mass is 10.2. The number of nitrogens with zero attached hydrogens (tertiary/aromatic N) is 2. The van der Waals surface area contributed by atoms with Crippen molar-refractivity contribution in [2.45, 2.75) is 12.8 Å². The van der Waals surface area contributed by atoms with E-state index in [1.54, 1.807) is 24.5 Å². The second kappa shape index (κ2) is 6.12. The summed E-state index contributed by atoms with van der Waals surface area (Å²) in [4.78, 5) is 15.3. The zero-order chi connectivity index (χ0) is 13.7. The van der Waals surface area contributed by atoms with Gasteiger partial charge in [-0.3, -0.25) is 9.78 Å². The number of nitrogens with one attached hydrogen (secondary N) is 1. The highest BCUT2D eigenvalue weighted by Crippen LogP contribution is 2.08. The van der Waals surface area contributed by atoms with Crippen molar-refractivity contribution < 1.29 is 13.2 Å². The first-order chi connectivity index (χ1) is 9.08. The maximum absolute atomic E-state index is 12.2. The van der Waals surface area contributed by atoms with Crippen LogP contribution in [0.4, 0.5) is 0 Å². The number of amides is 1. The van der Waals surface area contributed by atoms with E-state index >= 15 is 0 Å². The van der Waals surface area contributed by atoms with E-state index in [0.717, 1.165) is 5.56 Å². The zero-order valence-corrected chi connectivity index (χ0v) is 11.4. The average Bonchev–Trinajstić information content (AvgIpc) is 2.63. The summed E-state index contributed by atoms with van der Waals surface area (Å²) >= 11 is 0. The van der Waals surface area contributed by atoms with Crippen LogP contribution in [0.3, 0.4) is 0 Å². The van der Waals surface area contributed by atoms with Crippen molar-refractivity contribution in [2.24, 2.45) is 0 Å². The SMILES string of the molecule is O=C1CN(S(=O)(=O)CCc2ccncc2)CCCN1. The highest BCUT2D eigenvalue weighted by molar-refractivity contribution is 7.89. The Morgan fingerprint density at radius 3 is 2.79 bits per heavy atom. The number of pyridine rings is 1. The minimum Gasteiger partial charge on any atom is -0.355 e. The van der Waals surface area contributed by atoms with Crippen molar-refractivity contribution in [3.8, 4) is 0 Å². The van der Waals surface area contributed by atoms with Crippen LogP contribution in [0, 0.1) is 0 Å². The smallest absolute Gasteiger partial charge is 0.235 e. The van der Waals surface area contributed by atoms with Crippen LogP contribution in [0.1, 0.15) is 12.0 Å². The molecule has 1 aliphatic rings. The summed E-state index contributed by atoms with van der Waals surface area (Å²) in [6, 6.07) is 3.59. The lowest BCUT2D eigenvalue weighted by Gasteiger charge is -2.18. The molecule has 2 rings (SSSR count). The number of hydrogen-bond acceptors (Lipinski definition) is 4. The van der Waals surface area contributed by atoms with Crippen molar-refractivity contribution in [3.63, 3.8) is 0 Å². The Labute approximate surface area is 112 Å². The molecule has 2 heterocycles. The molecule has 0 atom stereocenters. The quantitative estimate of drug-likeness (QED) is 0.828. The van der Waals surface area contributed by atoms with Crippen LogP contribution in [-0.4, -0.2) is 49.0 Å². The van der Waals surface area contributed by atoms with Crippen molar-refractivity contribution in [1.82, 2.24) is 14.6 Å². The molecule has 1 aromatic heterocycles. The van der Waals surface area contributed by atoms with E-state index < -0.39 is 10.0 Å². The van der Waals surface area contributed by atoms with E-state index in [-0.39, 0.29) is 18.2 Å². The topological polar surface area (TPSA) is 79.4 Å². The third kappa shape index (κ3) is 4.00. The third-order valence-electron chi connectivity index (χ3n) is 3.02. The number of rotatable bonds is 4. The first-order valence-electron chi connectivity index (χ1n) is 6.21. The third-order valence-corrected chi connectivity index (χ3v) is 4.84. The Balaban J connectivity index is 1.99. The summed E-state index contributed by atoms with van der Waals surface area (Å²) in [6.07, 6.45) is 4.37. The maximum Gasteiger partial charge on any atom is 0.235 e. The number of carbonyl (C=O) groups excluding carboxylic acids is 1. The van der Waals surface area contributed by atoms with Gasteiger partial charge in [-0.05, 0) is 30.5 Å². The summed E-state index contributed by atoms with van der Waals surface area (Å²) in [6.45, 7) is 0.866. The van der Waals surface area contributed by atoms with E-state index in [4.69, 9.17) is 0 Å². The van der Waals surface area contributed by atoms with Crippen LogP contribution < -0.4 is 5.32 Å². The van der Waals surface area contributed by atoms with E-state index in [1.165, 1.54) is 4.31 Å². The molecule has 6 nitrogen and oxygen atoms in total. The van der Waals surface area contributed by atoms with Gasteiger partial charge >= 0.3 is 0 Å². The Morgan fingerprint density at radius 1 is 1.32 bits per heavy atom. The molecule has 1 N–H and O–H groups in total. The fraction of sp³-hybridized carbons (Fsp3) is 0.500. The molecule has 0 aromatic carbocycles. The minimum absolute atomic E-state index is 0.0181. The number of sulfonamides is 1. The van der Waals surface area contributed by atoms with Gasteiger partial charge < -0.3 is 5.32 Å². The highest BCUT2D eigenvalue weighted by atomic mass is 32.2. The molecule has 1 aromatic rings. The van der Waals surface area contributed by atoms with Crippen molar-refractivity contribution >= 4 is 15.9 Å². The van der Waals surface area contributed by atoms with E-state index in [1.807, 2.05) is 0 Å². The molecule has 0 bridgehead atoms. The number of aromatic nitrogens is 1. The second-order valence-electron chi connectivity index (χ2n) is 4.46. The van der Waals surface area contributed by atoms with Crippen LogP contribution in [0.15, 0.2) is 24.5 Å². The average molecular weight is 283 g/mol. The lowest BCUT2D eigenvalue weighted by molar-refractivity contribution is -0.120. The first kappa shape index (κ1) is 14.0. The molecule has 0 aliphatic carbocycles. The fourth-order valence-corrected chi connectivity index (χ4v) is 3.41. The van der Waals surface area contributed by atoms with Crippen LogP contribution in [0.5, 0.6) is 0 Å². The predicted molar refractivity (Wildman–Crippen MR) is 70.9 cm³/mol. The molecule has 1 aliphatic heterocycles. The summed E-state index contributed by atoms with van der Waals surface area (Å²) in [7, 11) is -3.39. The molecule has 19 heavy (non-hydrogen) atoms. The fourth-order valence-electron chi connectivity index (χ4n) is 1.94. The summed E-state index contributed by atoms with van der Waals surface area (Å²) in [5.74, 6) is -0.213. The van der Waals surface area contributed by atoms with Crippen molar-refractivity contribution in [1.29, 1.82) is 0 Å². The summed E-state index contributed by atoms with van der Waals surface area (Å²) in [5, 5.41) is 2.67. The molecule has 7 heteroatoms. The van der Waals surface area contributed by atoms with Gasteiger partial charge in [0.2, 0.25) is 15.9 Å². The van der Waals surface area contributed by atoms with E-state index in [0.29, 0.717) is 25.9 Å². The number of carbonyl (C=O) groups is 1. The molecule has 1 amide bonds. The molecule has 0 radical (unpaired) electrons. The van der Waals surface area contributed by atoms with Gasteiger partial charge in [0, 0.05) is 25.5 Å². The lowest BCUT2D eigenvalue weighted by Crippen LogP contribution is -2.38. The van der Waals surface area contributed by atoms with Gasteiger partial charge in [-0.2, -0.15) is 4.31 Å². The normalized spacial score (nSPS) is 17.8. The van der Waals surface area contributed by atoms with Gasteiger partial charge in [-0.25, -0.2) is 8.42 Å². The van der Waals surface area contributed by atoms with Gasteiger partial charge in [0.05, 0.1) is 12.3 Å². The Kier molecular flexibility index (Phi) is 4.49. The Hall–Kier alpha value is -1.47. The number of hydrogen-bond donors (Lipinski definition) is 1. The highest BCUT2D eigenvalue weighted by Gasteiger charge is 2.25. The van der Waals surface area contributed by atoms with Gasteiger partial charge in [0.15, 0.2) is 0 Å². The molecule has 1 saturated heterocycles. The van der Waals surface area contributed by atoms with Crippen LogP contribution in [0.2, 0.25) is 0 Å². The molecule has 0 unspecified atom stereocenters. The Morgan fingerprint density at radius 2 is 2.05 bits per heavy atom. The van der Waals surface area contributed by atoms with Crippen molar-refractivity contribution in [3.05, 3.63) is 30.1 Å². The summed E-state index contributed by atoms with van der Waals surface area (Å²) < 4.78 is 25.6. The van der Waals surface area contributed by atoms with Gasteiger partial charge in [0.1, 0.15) is 0 Å². The van der Waals surface area contributed by atoms with Gasteiger partial charge in [-0.1, -0.05) is 0 Å². The molecular formula is C12H17N3O3S. The zero-order valence-electron chi connectivity index (χ0n) is 10.6. The van der Waals surface area contributed by atoms with Crippen LogP contribution >= 0.6 is 0 Å². The minimum atomic E-state index is -3.39. The maximum atomic E-state index is 12.2. The van der Waals surface area contributed by atoms with E-state index in [2.05, 4.69) is 10.3 Å². The largest absolute Gasteiger partial charge is 0.355 e. The predicted octanol–water partition coefficient (Wildman–Crippen LogP) is -0.224. The standard InChI is InChI=1S/C12H17N3O3S/c16-12-10-15(8-1-5-14-12)19(17,18)9-4-11-2-6-13-7-3-11/h2-3,6-7H,1,4-5,8-10H2,(H,14,16). The van der Waals surface area contributed by atoms with Gasteiger partial charge in [-0.15, -0.1) is 0 Å². The second-order valence-corrected chi connectivity index (χ2v) is 6.55. The summed E-state index contributed by atoms with van der Waals surface area (Å²) in [5.41, 5.74) is 0.929. The molecular weight excluding hydrogens is 266 g/mol. The first-order valence-corrected chi connectivity index (χ1v) is 7.82. The monoisotopic (exact) mass is 283 g/mol. The number of aryl methyl sites for hydroxylation is 1. The van der Waals surface area contributed by atoms with Gasteiger partial charge in [0.25, 0.3) is 0 Å². The molecule has 1 fully saturated rings. The Bertz CT molecular complexity index is 530. The molecule has 104 valence electrons. The van der Waals surface area contributed by atoms with E-state index in [9.17, 15) is 13.2 Å². The van der Waals surface area contributed by atoms with Crippen molar-refractivity contribution in [2.75, 3.05) is 25.4 Å². The van der Waals surface area contributed by atoms with Crippen LogP contribution in [-0.2, 0) is 21.2 Å². The van der Waals surface area contributed by atoms with Crippen LogP contribution in [0.25, 0.3) is 0 Å². The molecule has 0 spiro atoms.